The molecule has 0 unspecified atom stereocenters. The zero-order valence-electron chi connectivity index (χ0n) is 13.6. The van der Waals surface area contributed by atoms with Gasteiger partial charge in [-0.05, 0) is 18.1 Å². The second-order valence-corrected chi connectivity index (χ2v) is 5.76. The molecule has 0 saturated carbocycles. The Bertz CT molecular complexity index is 741. The normalized spacial score (nSPS) is 18.5. The summed E-state index contributed by atoms with van der Waals surface area (Å²) >= 11 is 0. The minimum atomic E-state index is -0.295. The Kier molecular flexibility index (Phi) is 4.87. The summed E-state index contributed by atoms with van der Waals surface area (Å²) in [6.07, 6.45) is 3.40. The highest BCUT2D eigenvalue weighted by Crippen LogP contribution is 2.34. The first-order valence-electron chi connectivity index (χ1n) is 8.05. The summed E-state index contributed by atoms with van der Waals surface area (Å²) in [4.78, 5) is 24.9. The van der Waals surface area contributed by atoms with Gasteiger partial charge in [0, 0.05) is 12.6 Å². The van der Waals surface area contributed by atoms with E-state index in [1.54, 1.807) is 13.0 Å². The van der Waals surface area contributed by atoms with Crippen molar-refractivity contribution in [3.05, 3.63) is 83.9 Å². The van der Waals surface area contributed by atoms with E-state index in [4.69, 9.17) is 0 Å². The number of allylic oxidation sites excluding steroid dienone is 1. The predicted octanol–water partition coefficient (Wildman–Crippen LogP) is 3.48. The largest absolute Gasteiger partial charge is 0.273 e. The smallest absolute Gasteiger partial charge is 0.267 e. The second-order valence-electron chi connectivity index (χ2n) is 5.76. The molecule has 0 aliphatic carbocycles. The summed E-state index contributed by atoms with van der Waals surface area (Å²) in [5.74, 6) is -0.459. The maximum Gasteiger partial charge on any atom is 0.267 e. The summed E-state index contributed by atoms with van der Waals surface area (Å²) in [5.41, 5.74) is 2.10. The molecule has 1 aliphatic rings. The van der Waals surface area contributed by atoms with Crippen LogP contribution in [0.1, 0.15) is 30.5 Å². The maximum absolute atomic E-state index is 12.5. The maximum atomic E-state index is 12.5. The van der Waals surface area contributed by atoms with Crippen LogP contribution in [0.2, 0.25) is 0 Å². The lowest BCUT2D eigenvalue weighted by molar-refractivity contribution is -0.154. The van der Waals surface area contributed by atoms with E-state index in [-0.39, 0.29) is 17.9 Å². The number of hydrazine groups is 1. The number of hydrogen-bond donors (Lipinski definition) is 0. The van der Waals surface area contributed by atoms with Crippen molar-refractivity contribution >= 4 is 11.8 Å². The Labute approximate surface area is 142 Å². The van der Waals surface area contributed by atoms with Crippen LogP contribution in [0.4, 0.5) is 0 Å². The third-order valence-corrected chi connectivity index (χ3v) is 4.11. The number of amides is 2. The first-order valence-corrected chi connectivity index (χ1v) is 8.05. The first kappa shape index (κ1) is 16.1. The third-order valence-electron chi connectivity index (χ3n) is 4.11. The van der Waals surface area contributed by atoms with E-state index in [9.17, 15) is 9.59 Å². The monoisotopic (exact) mass is 320 g/mol. The van der Waals surface area contributed by atoms with Crippen molar-refractivity contribution in [2.75, 3.05) is 0 Å². The lowest BCUT2D eigenvalue weighted by Gasteiger charge is -2.30. The summed E-state index contributed by atoms with van der Waals surface area (Å²) in [5, 5.41) is 3.15. The van der Waals surface area contributed by atoms with Crippen molar-refractivity contribution in [2.45, 2.75) is 25.9 Å². The van der Waals surface area contributed by atoms with Crippen molar-refractivity contribution < 1.29 is 9.59 Å². The quantitative estimate of drug-likeness (QED) is 0.810. The first-order chi connectivity index (χ1) is 11.7. The molecule has 2 aromatic rings. The molecule has 0 bridgehead atoms. The van der Waals surface area contributed by atoms with Crippen LogP contribution in [0.5, 0.6) is 0 Å². The van der Waals surface area contributed by atoms with Gasteiger partial charge < -0.3 is 0 Å². The zero-order chi connectivity index (χ0) is 16.9. The number of carbonyl (C=O) groups is 2. The Hall–Kier alpha value is -2.72. The fourth-order valence-corrected chi connectivity index (χ4v) is 3.02. The lowest BCUT2D eigenvalue weighted by Crippen LogP contribution is -2.43. The third kappa shape index (κ3) is 3.29. The van der Waals surface area contributed by atoms with Crippen LogP contribution < -0.4 is 0 Å². The van der Waals surface area contributed by atoms with Crippen LogP contribution in [-0.2, 0) is 16.1 Å². The minimum Gasteiger partial charge on any atom is -0.273 e. The molecule has 122 valence electrons. The van der Waals surface area contributed by atoms with Crippen LogP contribution in [0.25, 0.3) is 0 Å². The molecule has 3 rings (SSSR count). The van der Waals surface area contributed by atoms with Crippen LogP contribution in [0.15, 0.2) is 72.8 Å². The molecule has 24 heavy (non-hydrogen) atoms. The van der Waals surface area contributed by atoms with Crippen LogP contribution in [-0.4, -0.2) is 21.8 Å². The van der Waals surface area contributed by atoms with E-state index < -0.39 is 0 Å². The molecular formula is C20H20N2O2. The molecule has 1 heterocycles. The van der Waals surface area contributed by atoms with E-state index in [2.05, 4.69) is 0 Å². The van der Waals surface area contributed by atoms with Crippen molar-refractivity contribution in [1.82, 2.24) is 10.0 Å². The molecule has 4 nitrogen and oxygen atoms in total. The zero-order valence-corrected chi connectivity index (χ0v) is 13.6. The van der Waals surface area contributed by atoms with Crippen molar-refractivity contribution in [1.29, 1.82) is 0 Å². The molecule has 2 amide bonds. The van der Waals surface area contributed by atoms with Gasteiger partial charge in [0.05, 0.1) is 12.5 Å². The molecule has 4 heteroatoms. The molecule has 0 spiro atoms. The number of rotatable bonds is 4. The standard InChI is InChI=1S/C20H20N2O2/c1-2-9-19(23)22-20(24)14-18(17-12-7-4-8-13-17)21(22)15-16-10-5-3-6-11-16/h2-13,18H,14-15H2,1H3/b9-2+/t18-/m0/s1. The second kappa shape index (κ2) is 7.23. The molecule has 0 radical (unpaired) electrons. The Morgan fingerprint density at radius 1 is 1.08 bits per heavy atom. The Morgan fingerprint density at radius 2 is 1.71 bits per heavy atom. The number of nitrogens with zero attached hydrogens (tertiary/aromatic N) is 2. The number of imide groups is 1. The van der Waals surface area contributed by atoms with Gasteiger partial charge in [-0.15, -0.1) is 0 Å². The molecular weight excluding hydrogens is 300 g/mol. The van der Waals surface area contributed by atoms with E-state index in [1.807, 2.05) is 65.7 Å². The summed E-state index contributed by atoms with van der Waals surface area (Å²) < 4.78 is 0. The van der Waals surface area contributed by atoms with Crippen molar-refractivity contribution in [2.24, 2.45) is 0 Å². The Morgan fingerprint density at radius 3 is 2.33 bits per heavy atom. The summed E-state index contributed by atoms with van der Waals surface area (Å²) in [7, 11) is 0. The topological polar surface area (TPSA) is 40.6 Å². The molecule has 1 aliphatic heterocycles. The van der Waals surface area contributed by atoms with Gasteiger partial charge >= 0.3 is 0 Å². The van der Waals surface area contributed by atoms with Crippen LogP contribution in [0.3, 0.4) is 0 Å². The van der Waals surface area contributed by atoms with Gasteiger partial charge in [-0.25, -0.2) is 5.01 Å². The van der Waals surface area contributed by atoms with E-state index in [0.717, 1.165) is 11.1 Å². The molecule has 1 fully saturated rings. The number of hydrogen-bond acceptors (Lipinski definition) is 3. The SMILES string of the molecule is C/C=C/C(=O)N1C(=O)C[C@@H](c2ccccc2)N1Cc1ccccc1. The predicted molar refractivity (Wildman–Crippen MR) is 92.5 cm³/mol. The summed E-state index contributed by atoms with van der Waals surface area (Å²) in [6.45, 7) is 2.28. The Balaban J connectivity index is 1.96. The van der Waals surface area contributed by atoms with Gasteiger partial charge in [-0.3, -0.25) is 9.59 Å². The number of carbonyl (C=O) groups excluding carboxylic acids is 2. The molecule has 1 atom stereocenters. The highest BCUT2D eigenvalue weighted by Gasteiger charge is 2.41. The van der Waals surface area contributed by atoms with E-state index >= 15 is 0 Å². The van der Waals surface area contributed by atoms with Gasteiger partial charge in [0.2, 0.25) is 5.91 Å². The highest BCUT2D eigenvalue weighted by molar-refractivity contribution is 6.01. The van der Waals surface area contributed by atoms with Gasteiger partial charge in [0.1, 0.15) is 0 Å². The average molecular weight is 320 g/mol. The molecule has 1 saturated heterocycles. The van der Waals surface area contributed by atoms with Crippen molar-refractivity contribution in [3.63, 3.8) is 0 Å². The van der Waals surface area contributed by atoms with Crippen LogP contribution >= 0.6 is 0 Å². The average Bonchev–Trinajstić information content (AvgIpc) is 2.93. The van der Waals surface area contributed by atoms with Crippen molar-refractivity contribution in [3.8, 4) is 0 Å². The molecule has 0 N–H and O–H groups in total. The van der Waals surface area contributed by atoms with Gasteiger partial charge in [-0.2, -0.15) is 5.01 Å². The van der Waals surface area contributed by atoms with Gasteiger partial charge in [0.15, 0.2) is 0 Å². The molecule has 2 aromatic carbocycles. The van der Waals surface area contributed by atoms with E-state index in [1.165, 1.54) is 11.1 Å². The van der Waals surface area contributed by atoms with Gasteiger partial charge in [-0.1, -0.05) is 66.7 Å². The van der Waals surface area contributed by atoms with Crippen LogP contribution in [0, 0.1) is 0 Å². The minimum absolute atomic E-state index is 0.131. The highest BCUT2D eigenvalue weighted by atomic mass is 16.2. The molecule has 0 aromatic heterocycles. The van der Waals surface area contributed by atoms with Gasteiger partial charge in [0.25, 0.3) is 5.91 Å². The van der Waals surface area contributed by atoms with E-state index in [0.29, 0.717) is 13.0 Å². The summed E-state index contributed by atoms with van der Waals surface area (Å²) in [6, 6.07) is 19.6. The fourth-order valence-electron chi connectivity index (χ4n) is 3.02. The fraction of sp³-hybridized carbons (Fsp3) is 0.200. The lowest BCUT2D eigenvalue weighted by atomic mass is 10.0. The number of benzene rings is 2.